The fraction of sp³-hybridized carbons (Fsp3) is 0. The molecule has 2 rings (SSSR count). The number of H-pyrrole nitrogens is 1. The van der Waals surface area contributed by atoms with Gasteiger partial charge >= 0.3 is 0 Å². The minimum absolute atomic E-state index is 0.811. The smallest absolute Gasteiger partial charge is 0.0852 e. The number of aromatic nitrogens is 1. The van der Waals surface area contributed by atoms with Crippen molar-refractivity contribution in [2.24, 2.45) is 0 Å². The lowest BCUT2D eigenvalue weighted by Crippen LogP contribution is -1.77. The molecule has 1 aromatic carbocycles. The Hall–Kier alpha value is -0.470. The largest absolute Gasteiger partial charge is 0.308 e. The number of fused-ring (bicyclic) bond motifs is 1. The summed E-state index contributed by atoms with van der Waals surface area (Å²) in [4.78, 5) is 0. The van der Waals surface area contributed by atoms with Gasteiger partial charge in [-0.05, 0) is 12.1 Å². The number of nitrogens with one attached hydrogen (secondary N) is 1. The first-order chi connectivity index (χ1) is 4.38. The first-order valence-electron chi connectivity index (χ1n) is 2.59. The summed E-state index contributed by atoms with van der Waals surface area (Å²) >= 11 is 7.40. The number of hydrogen-bond donors (Lipinski definition) is 1. The predicted molar refractivity (Wildman–Crippen MR) is 41.2 cm³/mol. The summed E-state index contributed by atoms with van der Waals surface area (Å²) in [5.74, 6) is 0. The SMILES string of the molecule is Clc1cccc2s[nH]c12. The number of benzene rings is 1. The minimum atomic E-state index is 0.811. The molecule has 1 N–H and O–H groups in total. The second-order valence-electron chi connectivity index (χ2n) is 1.82. The average molecular weight is 158 g/mol. The highest BCUT2D eigenvalue weighted by Gasteiger charge is 1.99. The van der Waals surface area contributed by atoms with Gasteiger partial charge in [-0.15, -0.1) is 0 Å². The van der Waals surface area contributed by atoms with Gasteiger partial charge in [-0.3, -0.25) is 0 Å². The first-order valence-corrected chi connectivity index (χ1v) is 3.79. The zero-order valence-electron chi connectivity index (χ0n) is 4.52. The van der Waals surface area contributed by atoms with E-state index in [9.17, 15) is 0 Å². The maximum atomic E-state index is 5.79. The van der Waals surface area contributed by atoms with Crippen LogP contribution in [0.25, 0.3) is 10.2 Å². The van der Waals surface area contributed by atoms with Gasteiger partial charge < -0.3 is 4.37 Å². The van der Waals surface area contributed by atoms with E-state index >= 15 is 0 Å². The summed E-state index contributed by atoms with van der Waals surface area (Å²) in [6.45, 7) is 0. The molecule has 1 heterocycles. The van der Waals surface area contributed by atoms with E-state index in [0.29, 0.717) is 0 Å². The molecule has 3 heteroatoms. The molecule has 46 valence electrons. The summed E-state index contributed by atoms with van der Waals surface area (Å²) in [6, 6.07) is 5.88. The van der Waals surface area contributed by atoms with Crippen LogP contribution < -0.4 is 0 Å². The van der Waals surface area contributed by atoms with Crippen LogP contribution in [0, 0.1) is 0 Å². The number of aromatic amines is 1. The molecule has 0 saturated carbocycles. The Morgan fingerprint density at radius 2 is 2.33 bits per heavy atom. The van der Waals surface area contributed by atoms with E-state index in [1.165, 1.54) is 4.70 Å². The van der Waals surface area contributed by atoms with E-state index in [-0.39, 0.29) is 0 Å². The van der Waals surface area contributed by atoms with Crippen molar-refractivity contribution in [3.8, 4) is 0 Å². The minimum Gasteiger partial charge on any atom is -0.308 e. The summed E-state index contributed by atoms with van der Waals surface area (Å²) < 4.78 is 4.28. The van der Waals surface area contributed by atoms with Crippen molar-refractivity contribution < 1.29 is 0 Å². The van der Waals surface area contributed by atoms with Crippen LogP contribution in [0.1, 0.15) is 0 Å². The van der Waals surface area contributed by atoms with Gasteiger partial charge in [0, 0.05) is 0 Å². The maximum absolute atomic E-state index is 5.79. The van der Waals surface area contributed by atoms with Crippen LogP contribution in [0.5, 0.6) is 0 Å². The van der Waals surface area contributed by atoms with Gasteiger partial charge in [0.05, 0.1) is 15.2 Å². The molecule has 0 aliphatic rings. The monoisotopic (exact) mass is 157 g/mol. The Labute approximate surface area is 61.4 Å². The zero-order chi connectivity index (χ0) is 6.27. The van der Waals surface area contributed by atoms with Gasteiger partial charge in [-0.1, -0.05) is 29.2 Å². The fourth-order valence-electron chi connectivity index (χ4n) is 0.748. The van der Waals surface area contributed by atoms with Crippen LogP contribution in [0.3, 0.4) is 0 Å². The van der Waals surface area contributed by atoms with Gasteiger partial charge in [0.25, 0.3) is 0 Å². The summed E-state index contributed by atoms with van der Waals surface area (Å²) in [5.41, 5.74) is 1.07. The second kappa shape index (κ2) is 1.75. The van der Waals surface area contributed by atoms with Gasteiger partial charge in [0.1, 0.15) is 0 Å². The fourth-order valence-corrected chi connectivity index (χ4v) is 1.77. The third-order valence-electron chi connectivity index (χ3n) is 1.24. The van der Waals surface area contributed by atoms with Gasteiger partial charge in [-0.25, -0.2) is 0 Å². The number of hydrogen-bond acceptors (Lipinski definition) is 1. The molecular weight excluding hydrogens is 154 g/mol. The van der Waals surface area contributed by atoms with E-state index in [2.05, 4.69) is 4.37 Å². The molecule has 0 aliphatic heterocycles. The van der Waals surface area contributed by atoms with Crippen molar-refractivity contribution in [2.75, 3.05) is 0 Å². The lowest BCUT2D eigenvalue weighted by Gasteiger charge is -2.00. The molecule has 1 aromatic heterocycles. The van der Waals surface area contributed by atoms with Crippen molar-refractivity contribution in [3.63, 3.8) is 0 Å². The Balaban J connectivity index is 2.86. The summed E-state index contributed by atoms with van der Waals surface area (Å²) in [5, 5.41) is 0.811. The standard InChI is InChI=1S/C6H4ClNS/c7-4-2-1-3-5-6(4)8-9-5/h1-3,8H. The molecule has 0 amide bonds. The number of halogens is 1. The van der Waals surface area contributed by atoms with Crippen molar-refractivity contribution >= 4 is 33.4 Å². The van der Waals surface area contributed by atoms with Crippen LogP contribution in [0.15, 0.2) is 18.2 Å². The summed E-state index contributed by atoms with van der Waals surface area (Å²) in [6.07, 6.45) is 0. The molecule has 0 radical (unpaired) electrons. The highest BCUT2D eigenvalue weighted by molar-refractivity contribution is 7.15. The topological polar surface area (TPSA) is 15.8 Å². The molecular formula is C6H4ClNS. The first kappa shape index (κ1) is 5.33. The summed E-state index contributed by atoms with van der Waals surface area (Å²) in [7, 11) is 0. The van der Waals surface area contributed by atoms with Crippen molar-refractivity contribution in [1.82, 2.24) is 4.37 Å². The quantitative estimate of drug-likeness (QED) is 0.606. The highest BCUT2D eigenvalue weighted by atomic mass is 35.5. The Morgan fingerprint density at radius 1 is 1.44 bits per heavy atom. The Kier molecular flexibility index (Phi) is 1.04. The highest BCUT2D eigenvalue weighted by Crippen LogP contribution is 2.26. The Morgan fingerprint density at radius 3 is 2.78 bits per heavy atom. The third-order valence-corrected chi connectivity index (χ3v) is 2.42. The average Bonchev–Trinajstić information content (AvgIpc) is 1.74. The van der Waals surface area contributed by atoms with Gasteiger partial charge in [-0.2, -0.15) is 0 Å². The Bertz CT molecular complexity index is 322. The van der Waals surface area contributed by atoms with Crippen LogP contribution in [-0.4, -0.2) is 4.37 Å². The van der Waals surface area contributed by atoms with E-state index in [1.807, 2.05) is 18.2 Å². The number of para-hydroxylation sites is 1. The van der Waals surface area contributed by atoms with E-state index in [1.54, 1.807) is 11.5 Å². The van der Waals surface area contributed by atoms with E-state index in [0.717, 1.165) is 10.5 Å². The van der Waals surface area contributed by atoms with E-state index < -0.39 is 0 Å². The van der Waals surface area contributed by atoms with Crippen molar-refractivity contribution in [1.29, 1.82) is 0 Å². The molecule has 0 spiro atoms. The van der Waals surface area contributed by atoms with E-state index in [4.69, 9.17) is 11.6 Å². The molecule has 0 unspecified atom stereocenters. The molecule has 9 heavy (non-hydrogen) atoms. The molecule has 2 aromatic rings. The molecule has 0 bridgehead atoms. The lowest BCUT2D eigenvalue weighted by atomic mass is 10.3. The second-order valence-corrected chi connectivity index (χ2v) is 3.07. The molecule has 0 saturated heterocycles. The van der Waals surface area contributed by atoms with Crippen LogP contribution in [0.2, 0.25) is 5.02 Å². The normalized spacial score (nSPS) is 10.8. The van der Waals surface area contributed by atoms with Crippen LogP contribution in [0.4, 0.5) is 0 Å². The van der Waals surface area contributed by atoms with Crippen molar-refractivity contribution in [2.45, 2.75) is 0 Å². The molecule has 0 aliphatic carbocycles. The van der Waals surface area contributed by atoms with Crippen LogP contribution >= 0.6 is 23.1 Å². The maximum Gasteiger partial charge on any atom is 0.0852 e. The molecule has 1 nitrogen and oxygen atoms in total. The third kappa shape index (κ3) is 0.671. The molecule has 0 fully saturated rings. The van der Waals surface area contributed by atoms with Gasteiger partial charge in [0.2, 0.25) is 0 Å². The van der Waals surface area contributed by atoms with Crippen molar-refractivity contribution in [3.05, 3.63) is 23.2 Å². The molecule has 0 atom stereocenters. The van der Waals surface area contributed by atoms with Gasteiger partial charge in [0.15, 0.2) is 0 Å². The number of rotatable bonds is 0. The predicted octanol–water partition coefficient (Wildman–Crippen LogP) is 2.88. The van der Waals surface area contributed by atoms with Crippen LogP contribution in [-0.2, 0) is 0 Å². The lowest BCUT2D eigenvalue weighted by molar-refractivity contribution is 1.62. The zero-order valence-corrected chi connectivity index (χ0v) is 6.09.